The van der Waals surface area contributed by atoms with Crippen LogP contribution in [0.3, 0.4) is 0 Å². The first-order valence-electron chi connectivity index (χ1n) is 15.0. The number of hydrogen-bond donors (Lipinski definition) is 4. The Morgan fingerprint density at radius 2 is 1.50 bits per heavy atom. The Labute approximate surface area is 256 Å². The van der Waals surface area contributed by atoms with Crippen molar-refractivity contribution >= 4 is 53.1 Å². The molecule has 42 heavy (non-hydrogen) atoms. The fraction of sp³-hybridized carbons (Fsp3) is 0.633. The fourth-order valence-corrected chi connectivity index (χ4v) is 8.44. The zero-order valence-corrected chi connectivity index (χ0v) is 26.3. The molecule has 4 N–H and O–H groups in total. The molecule has 3 fully saturated rings. The Kier molecular flexibility index (Phi) is 11.2. The van der Waals surface area contributed by atoms with Gasteiger partial charge >= 0.3 is 0 Å². The highest BCUT2D eigenvalue weighted by atomic mass is 32.2. The van der Waals surface area contributed by atoms with Crippen LogP contribution in [0.25, 0.3) is 0 Å². The minimum atomic E-state index is -1.33. The molecule has 3 saturated heterocycles. The van der Waals surface area contributed by atoms with Gasteiger partial charge in [-0.2, -0.15) is 0 Å². The van der Waals surface area contributed by atoms with Gasteiger partial charge in [-0.3, -0.25) is 24.0 Å². The van der Waals surface area contributed by atoms with Crippen molar-refractivity contribution in [2.75, 3.05) is 18.1 Å². The van der Waals surface area contributed by atoms with Crippen LogP contribution in [-0.4, -0.2) is 80.9 Å². The lowest BCUT2D eigenvalue weighted by molar-refractivity contribution is -0.141. The highest BCUT2D eigenvalue weighted by Crippen LogP contribution is 2.41. The lowest BCUT2D eigenvalue weighted by atomic mass is 10.0. The molecule has 0 radical (unpaired) electrons. The second-order valence-electron chi connectivity index (χ2n) is 11.6. The molecule has 0 unspecified atom stereocenters. The summed E-state index contributed by atoms with van der Waals surface area (Å²) in [6.07, 6.45) is 5.24. The van der Waals surface area contributed by atoms with E-state index in [9.17, 15) is 24.0 Å². The Balaban J connectivity index is 1.73. The summed E-state index contributed by atoms with van der Waals surface area (Å²) in [5, 5.41) is 11.5. The number of hydrogen-bond acceptors (Lipinski definition) is 7. The van der Waals surface area contributed by atoms with E-state index in [0.717, 1.165) is 31.2 Å². The summed E-state index contributed by atoms with van der Waals surface area (Å²) < 4.78 is -1.33. The van der Waals surface area contributed by atoms with Gasteiger partial charge in [0.05, 0.1) is 0 Å². The van der Waals surface area contributed by atoms with Gasteiger partial charge in [-0.25, -0.2) is 0 Å². The summed E-state index contributed by atoms with van der Waals surface area (Å²) >= 11 is 2.81. The topological polar surface area (TPSA) is 137 Å². The number of fused-ring (bicyclic) bond motifs is 1. The summed E-state index contributed by atoms with van der Waals surface area (Å²) in [6, 6.07) is 5.72. The minimum absolute atomic E-state index is 0.220. The molecule has 0 bridgehead atoms. The monoisotopic (exact) mass is 617 g/mol. The Morgan fingerprint density at radius 1 is 0.833 bits per heavy atom. The summed E-state index contributed by atoms with van der Waals surface area (Å²) in [5.41, 5.74) is 0.847. The number of benzene rings is 1. The fourth-order valence-electron chi connectivity index (χ4n) is 5.51. The van der Waals surface area contributed by atoms with Crippen LogP contribution in [0.4, 0.5) is 0 Å². The van der Waals surface area contributed by atoms with Gasteiger partial charge in [0.2, 0.25) is 27.8 Å². The molecular formula is C30H43N5O5S2. The molecule has 3 aliphatic rings. The highest BCUT2D eigenvalue weighted by molar-refractivity contribution is 8.19. The van der Waals surface area contributed by atoms with Gasteiger partial charge in [-0.1, -0.05) is 57.0 Å². The molecule has 0 aliphatic carbocycles. The molecule has 230 valence electrons. The van der Waals surface area contributed by atoms with E-state index in [1.165, 1.54) is 23.5 Å². The highest BCUT2D eigenvalue weighted by Gasteiger charge is 2.49. The van der Waals surface area contributed by atoms with E-state index in [4.69, 9.17) is 0 Å². The Hall–Kier alpha value is -2.73. The standard InChI is InChI=1S/C30H43N5O5S2/c1-19(2)24-28(39)34-30(41-16-9-4-5-10-17-42-30)29(40)35-15-11-14-23(35)27(38)32-22(18-21-12-7-6-8-13-21)26(37)31-20(3)25(36)33-24/h6-8,12-13,19-20,22-24H,4-5,9-11,14-18H2,1-3H3,(H,31,37)(H,32,38)(H,33,36)(H,34,39)/t20-,22+,23+,24+/m1/s1. The van der Waals surface area contributed by atoms with Gasteiger partial charge in [0.1, 0.15) is 24.2 Å². The summed E-state index contributed by atoms with van der Waals surface area (Å²) in [6.45, 7) is 5.59. The smallest absolute Gasteiger partial charge is 0.270 e. The van der Waals surface area contributed by atoms with E-state index in [1.807, 2.05) is 44.2 Å². The molecule has 12 heteroatoms. The Morgan fingerprint density at radius 3 is 2.14 bits per heavy atom. The molecule has 10 nitrogen and oxygen atoms in total. The quantitative estimate of drug-likeness (QED) is 0.408. The average Bonchev–Trinajstić information content (AvgIpc) is 3.49. The number of nitrogens with one attached hydrogen (secondary N) is 4. The summed E-state index contributed by atoms with van der Waals surface area (Å²) in [7, 11) is 0. The lowest BCUT2D eigenvalue weighted by Gasteiger charge is -2.38. The van der Waals surface area contributed by atoms with Gasteiger partial charge in [-0.15, -0.1) is 23.5 Å². The molecule has 1 aromatic rings. The summed E-state index contributed by atoms with van der Waals surface area (Å²) in [5.74, 6) is -1.14. The molecule has 5 amide bonds. The van der Waals surface area contributed by atoms with Crippen LogP contribution in [0.2, 0.25) is 0 Å². The zero-order valence-electron chi connectivity index (χ0n) is 24.6. The average molecular weight is 618 g/mol. The van der Waals surface area contributed by atoms with E-state index >= 15 is 0 Å². The predicted molar refractivity (Wildman–Crippen MR) is 165 cm³/mol. The second kappa shape index (κ2) is 14.6. The number of carbonyl (C=O) groups excluding carboxylic acids is 5. The van der Waals surface area contributed by atoms with Crippen molar-refractivity contribution in [2.45, 2.75) is 94.1 Å². The maximum atomic E-state index is 14.5. The van der Waals surface area contributed by atoms with E-state index in [0.29, 0.717) is 30.9 Å². The first kappa shape index (κ1) is 32.2. The van der Waals surface area contributed by atoms with Crippen molar-refractivity contribution in [3.05, 3.63) is 35.9 Å². The van der Waals surface area contributed by atoms with Gasteiger partial charge in [0.25, 0.3) is 5.91 Å². The van der Waals surface area contributed by atoms with Crippen molar-refractivity contribution in [1.29, 1.82) is 0 Å². The molecular weight excluding hydrogens is 574 g/mol. The van der Waals surface area contributed by atoms with Crippen molar-refractivity contribution in [3.8, 4) is 0 Å². The zero-order chi connectivity index (χ0) is 30.3. The number of carbonyl (C=O) groups is 5. The van der Waals surface area contributed by atoms with Gasteiger partial charge in [-0.05, 0) is 55.6 Å². The molecule has 3 aliphatic heterocycles. The van der Waals surface area contributed by atoms with E-state index < -0.39 is 52.0 Å². The van der Waals surface area contributed by atoms with Crippen molar-refractivity contribution in [1.82, 2.24) is 26.2 Å². The number of rotatable bonds is 3. The molecule has 4 rings (SSSR count). The Bertz CT molecular complexity index is 1140. The van der Waals surface area contributed by atoms with Crippen LogP contribution in [0, 0.1) is 5.92 Å². The van der Waals surface area contributed by atoms with Crippen LogP contribution < -0.4 is 21.3 Å². The van der Waals surface area contributed by atoms with Crippen LogP contribution in [-0.2, 0) is 30.4 Å². The second-order valence-corrected chi connectivity index (χ2v) is 14.5. The third-order valence-electron chi connectivity index (χ3n) is 7.95. The minimum Gasteiger partial charge on any atom is -0.343 e. The molecule has 4 atom stereocenters. The maximum absolute atomic E-state index is 14.5. The van der Waals surface area contributed by atoms with E-state index in [2.05, 4.69) is 21.3 Å². The van der Waals surface area contributed by atoms with Crippen LogP contribution >= 0.6 is 23.5 Å². The maximum Gasteiger partial charge on any atom is 0.270 e. The van der Waals surface area contributed by atoms with Crippen LogP contribution in [0.1, 0.15) is 64.9 Å². The SMILES string of the molecule is CC(C)[C@@H]1NC(=O)[C@@H](C)NC(=O)[C@H](Cc2ccccc2)NC(=O)[C@@H]2CCCN2C(=O)C2(NC1=O)SCCCCCCS2. The third-order valence-corrected chi connectivity index (χ3v) is 11.0. The first-order chi connectivity index (χ1) is 20.1. The van der Waals surface area contributed by atoms with Crippen LogP contribution in [0.15, 0.2) is 30.3 Å². The summed E-state index contributed by atoms with van der Waals surface area (Å²) in [4.78, 5) is 70.4. The first-order valence-corrected chi connectivity index (χ1v) is 16.9. The van der Waals surface area contributed by atoms with Crippen molar-refractivity contribution < 1.29 is 24.0 Å². The molecule has 1 aromatic carbocycles. The van der Waals surface area contributed by atoms with Crippen molar-refractivity contribution in [2.24, 2.45) is 5.92 Å². The normalized spacial score (nSPS) is 28.3. The number of thioether (sulfide) groups is 2. The van der Waals surface area contributed by atoms with Gasteiger partial charge in [0.15, 0.2) is 0 Å². The van der Waals surface area contributed by atoms with E-state index in [-0.39, 0.29) is 18.2 Å². The van der Waals surface area contributed by atoms with E-state index in [1.54, 1.807) is 11.8 Å². The molecule has 3 heterocycles. The third kappa shape index (κ3) is 7.80. The van der Waals surface area contributed by atoms with Gasteiger partial charge in [0, 0.05) is 13.0 Å². The number of nitrogens with zero attached hydrogens (tertiary/aromatic N) is 1. The molecule has 1 spiro atoms. The van der Waals surface area contributed by atoms with Crippen LogP contribution in [0.5, 0.6) is 0 Å². The predicted octanol–water partition coefficient (Wildman–Crippen LogP) is 2.17. The number of amides is 5. The van der Waals surface area contributed by atoms with Crippen molar-refractivity contribution in [3.63, 3.8) is 0 Å². The molecule has 0 aromatic heterocycles. The largest absolute Gasteiger partial charge is 0.343 e. The lowest BCUT2D eigenvalue weighted by Crippen LogP contribution is -2.62. The molecule has 0 saturated carbocycles. The van der Waals surface area contributed by atoms with Gasteiger partial charge < -0.3 is 26.2 Å².